The van der Waals surface area contributed by atoms with Gasteiger partial charge in [0.25, 0.3) is 5.91 Å². The van der Waals surface area contributed by atoms with Crippen LogP contribution in [0.2, 0.25) is 0 Å². The third-order valence-corrected chi connectivity index (χ3v) is 4.06. The largest absolute Gasteiger partial charge is 0.341 e. The van der Waals surface area contributed by atoms with E-state index in [-0.39, 0.29) is 11.9 Å². The van der Waals surface area contributed by atoms with Crippen LogP contribution in [-0.2, 0) is 14.4 Å². The van der Waals surface area contributed by atoms with Gasteiger partial charge in [-0.1, -0.05) is 40.5 Å². The van der Waals surface area contributed by atoms with Gasteiger partial charge in [-0.25, -0.2) is 4.79 Å². The molecule has 124 valence electrons. The fourth-order valence-corrected chi connectivity index (χ4v) is 2.08. The maximum atomic E-state index is 11.6. The summed E-state index contributed by atoms with van der Waals surface area (Å²) in [6.07, 6.45) is 4.50. The van der Waals surface area contributed by atoms with Crippen LogP contribution in [0.1, 0.15) is 66.2 Å². The molecule has 1 amide bonds. The number of hydrogen-bond donors (Lipinski definition) is 2. The zero-order valence-electron chi connectivity index (χ0n) is 14.0. The predicted molar refractivity (Wildman–Crippen MR) is 84.2 cm³/mol. The van der Waals surface area contributed by atoms with Crippen molar-refractivity contribution in [2.75, 3.05) is 6.54 Å². The molecule has 3 unspecified atom stereocenters. The fraction of sp³-hybridized carbons (Fsp3) is 0.875. The smallest absolute Gasteiger partial charge is 0.332 e. The lowest BCUT2D eigenvalue weighted by Gasteiger charge is -2.18. The van der Waals surface area contributed by atoms with Gasteiger partial charge in [-0.05, 0) is 37.1 Å². The number of carbonyl (C=O) groups excluding carboxylic acids is 2. The number of carbonyl (C=O) groups is 2. The number of hydroxylamine groups is 1. The van der Waals surface area contributed by atoms with E-state index in [1.165, 1.54) is 6.42 Å². The Bertz CT molecular complexity index is 308. The van der Waals surface area contributed by atoms with Crippen LogP contribution in [0.3, 0.4) is 0 Å². The first kappa shape index (κ1) is 19.9. The number of nitrogens with two attached hydrogens (primary N) is 1. The zero-order chi connectivity index (χ0) is 16.3. The van der Waals surface area contributed by atoms with Crippen LogP contribution in [0.15, 0.2) is 0 Å². The maximum absolute atomic E-state index is 11.6. The van der Waals surface area contributed by atoms with Gasteiger partial charge in [0.1, 0.15) is 0 Å². The van der Waals surface area contributed by atoms with Crippen LogP contribution >= 0.6 is 0 Å². The summed E-state index contributed by atoms with van der Waals surface area (Å²) in [5.74, 6) is 0.753. The molecule has 5 heteroatoms. The Balaban J connectivity index is 3.77. The van der Waals surface area contributed by atoms with Crippen LogP contribution in [0.25, 0.3) is 0 Å². The minimum atomic E-state index is -0.370. The minimum absolute atomic E-state index is 0.268. The standard InChI is InChI=1S/C16H32N2O3/c1-5-6-13(3)14(4)8-10-16(20)21-18-15(19)9-7-12(2)11-17/h12-14H,5-11,17H2,1-4H3,(H,18,19). The molecule has 0 aliphatic rings. The lowest BCUT2D eigenvalue weighted by molar-refractivity contribution is -0.158. The molecule has 0 saturated carbocycles. The molecule has 0 bridgehead atoms. The van der Waals surface area contributed by atoms with Crippen LogP contribution in [-0.4, -0.2) is 18.4 Å². The summed E-state index contributed by atoms with van der Waals surface area (Å²) in [4.78, 5) is 27.8. The van der Waals surface area contributed by atoms with Crippen molar-refractivity contribution in [1.82, 2.24) is 5.48 Å². The van der Waals surface area contributed by atoms with E-state index in [4.69, 9.17) is 10.6 Å². The Hall–Kier alpha value is -1.10. The molecule has 0 radical (unpaired) electrons. The van der Waals surface area contributed by atoms with E-state index in [0.717, 1.165) is 12.8 Å². The fourth-order valence-electron chi connectivity index (χ4n) is 2.08. The van der Waals surface area contributed by atoms with Gasteiger partial charge in [-0.2, -0.15) is 5.48 Å². The highest BCUT2D eigenvalue weighted by Gasteiger charge is 2.14. The topological polar surface area (TPSA) is 81.4 Å². The molecule has 0 aromatic carbocycles. The summed E-state index contributed by atoms with van der Waals surface area (Å²) in [5, 5.41) is 0. The summed E-state index contributed by atoms with van der Waals surface area (Å²) in [6, 6.07) is 0. The minimum Gasteiger partial charge on any atom is -0.341 e. The van der Waals surface area contributed by atoms with Crippen molar-refractivity contribution in [3.05, 3.63) is 0 Å². The second-order valence-corrected chi connectivity index (χ2v) is 6.16. The van der Waals surface area contributed by atoms with Crippen molar-refractivity contribution in [3.63, 3.8) is 0 Å². The van der Waals surface area contributed by atoms with Crippen molar-refractivity contribution in [2.45, 2.75) is 66.2 Å². The molecule has 0 aliphatic heterocycles. The summed E-state index contributed by atoms with van der Waals surface area (Å²) in [7, 11) is 0. The van der Waals surface area contributed by atoms with E-state index in [2.05, 4.69) is 26.3 Å². The Morgan fingerprint density at radius 3 is 2.24 bits per heavy atom. The molecule has 0 spiro atoms. The molecule has 3 N–H and O–H groups in total. The van der Waals surface area contributed by atoms with E-state index < -0.39 is 0 Å². The zero-order valence-corrected chi connectivity index (χ0v) is 14.0. The van der Waals surface area contributed by atoms with E-state index >= 15 is 0 Å². The molecule has 0 aromatic rings. The lowest BCUT2D eigenvalue weighted by atomic mass is 9.88. The van der Waals surface area contributed by atoms with Crippen LogP contribution < -0.4 is 11.2 Å². The van der Waals surface area contributed by atoms with Crippen molar-refractivity contribution >= 4 is 11.9 Å². The second kappa shape index (κ2) is 11.5. The van der Waals surface area contributed by atoms with Gasteiger partial charge in [-0.3, -0.25) is 4.79 Å². The molecule has 21 heavy (non-hydrogen) atoms. The highest BCUT2D eigenvalue weighted by atomic mass is 16.7. The molecule has 3 atom stereocenters. The Morgan fingerprint density at radius 2 is 1.67 bits per heavy atom. The molecule has 0 fully saturated rings. The highest BCUT2D eigenvalue weighted by Crippen LogP contribution is 2.21. The van der Waals surface area contributed by atoms with Crippen LogP contribution in [0, 0.1) is 17.8 Å². The van der Waals surface area contributed by atoms with Gasteiger partial charge in [-0.15, -0.1) is 0 Å². The van der Waals surface area contributed by atoms with Crippen molar-refractivity contribution in [1.29, 1.82) is 0 Å². The van der Waals surface area contributed by atoms with Gasteiger partial charge < -0.3 is 10.6 Å². The number of nitrogens with one attached hydrogen (secondary N) is 1. The lowest BCUT2D eigenvalue weighted by Crippen LogP contribution is -2.28. The van der Waals surface area contributed by atoms with Gasteiger partial charge in [0.2, 0.25) is 0 Å². The molecule has 5 nitrogen and oxygen atoms in total. The van der Waals surface area contributed by atoms with Gasteiger partial charge >= 0.3 is 5.97 Å². The third kappa shape index (κ3) is 10.3. The van der Waals surface area contributed by atoms with Gasteiger partial charge in [0.05, 0.1) is 0 Å². The van der Waals surface area contributed by atoms with E-state index in [1.807, 2.05) is 6.92 Å². The van der Waals surface area contributed by atoms with Crippen molar-refractivity contribution in [2.24, 2.45) is 23.5 Å². The first-order valence-electron chi connectivity index (χ1n) is 8.09. The Labute approximate surface area is 128 Å². The quantitative estimate of drug-likeness (QED) is 0.608. The summed E-state index contributed by atoms with van der Waals surface area (Å²) < 4.78 is 0. The van der Waals surface area contributed by atoms with E-state index in [1.54, 1.807) is 0 Å². The average molecular weight is 300 g/mol. The number of rotatable bonds is 10. The number of amides is 1. The summed E-state index contributed by atoms with van der Waals surface area (Å²) in [5.41, 5.74) is 7.69. The summed E-state index contributed by atoms with van der Waals surface area (Å²) in [6.45, 7) is 9.07. The first-order valence-corrected chi connectivity index (χ1v) is 8.09. The van der Waals surface area contributed by atoms with E-state index in [0.29, 0.717) is 43.6 Å². The van der Waals surface area contributed by atoms with Crippen LogP contribution in [0.5, 0.6) is 0 Å². The highest BCUT2D eigenvalue weighted by molar-refractivity contribution is 5.77. The molecule has 0 rings (SSSR count). The Morgan fingerprint density at radius 1 is 1.05 bits per heavy atom. The monoisotopic (exact) mass is 300 g/mol. The van der Waals surface area contributed by atoms with Gasteiger partial charge in [0.15, 0.2) is 0 Å². The average Bonchev–Trinajstić information content (AvgIpc) is 2.48. The first-order chi connectivity index (χ1) is 9.90. The molecular weight excluding hydrogens is 268 g/mol. The molecule has 0 heterocycles. The third-order valence-electron chi connectivity index (χ3n) is 4.06. The van der Waals surface area contributed by atoms with Crippen LogP contribution in [0.4, 0.5) is 0 Å². The maximum Gasteiger partial charge on any atom is 0.332 e. The van der Waals surface area contributed by atoms with E-state index in [9.17, 15) is 9.59 Å². The molecule has 0 aliphatic carbocycles. The van der Waals surface area contributed by atoms with Gasteiger partial charge in [0, 0.05) is 12.8 Å². The molecule has 0 saturated heterocycles. The predicted octanol–water partition coefficient (Wildman–Crippen LogP) is 2.79. The Kier molecular flexibility index (Phi) is 10.9. The number of hydrogen-bond acceptors (Lipinski definition) is 4. The van der Waals surface area contributed by atoms with Crippen molar-refractivity contribution < 1.29 is 14.4 Å². The SMILES string of the molecule is CCCC(C)C(C)CCC(=O)ONC(=O)CCC(C)CN. The molecule has 0 aromatic heterocycles. The summed E-state index contributed by atoms with van der Waals surface area (Å²) >= 11 is 0. The van der Waals surface area contributed by atoms with Crippen molar-refractivity contribution in [3.8, 4) is 0 Å². The molecular formula is C16H32N2O3. The second-order valence-electron chi connectivity index (χ2n) is 6.16. The normalized spacial score (nSPS) is 15.1.